The molecule has 2 atom stereocenters. The molecule has 1 amide bonds. The van der Waals surface area contributed by atoms with E-state index in [0.717, 1.165) is 32.4 Å². The van der Waals surface area contributed by atoms with Crippen LogP contribution in [-0.2, 0) is 4.79 Å². The van der Waals surface area contributed by atoms with Gasteiger partial charge in [-0.3, -0.25) is 4.79 Å². The van der Waals surface area contributed by atoms with Crippen LogP contribution in [-0.4, -0.2) is 37.0 Å². The molecule has 0 spiro atoms. The Morgan fingerprint density at radius 1 is 1.28 bits per heavy atom. The Hall–Kier alpha value is -0.570. The van der Waals surface area contributed by atoms with Crippen molar-refractivity contribution in [1.29, 1.82) is 0 Å². The van der Waals surface area contributed by atoms with Gasteiger partial charge in [0, 0.05) is 24.5 Å². The molecule has 1 aliphatic carbocycles. The first-order valence-electron chi connectivity index (χ1n) is 7.53. The molecule has 0 aromatic carbocycles. The Morgan fingerprint density at radius 3 is 2.50 bits per heavy atom. The van der Waals surface area contributed by atoms with Gasteiger partial charge >= 0.3 is 0 Å². The zero-order chi connectivity index (χ0) is 13.2. The minimum Gasteiger partial charge on any atom is -0.342 e. The number of amides is 1. The van der Waals surface area contributed by atoms with Gasteiger partial charge in [-0.1, -0.05) is 33.1 Å². The molecule has 0 aromatic heterocycles. The van der Waals surface area contributed by atoms with E-state index in [2.05, 4.69) is 24.1 Å². The van der Waals surface area contributed by atoms with E-state index in [1.165, 1.54) is 19.3 Å². The van der Waals surface area contributed by atoms with E-state index in [0.29, 0.717) is 17.9 Å². The molecular weight excluding hydrogens is 224 g/mol. The van der Waals surface area contributed by atoms with Gasteiger partial charge < -0.3 is 10.2 Å². The Kier molecular flexibility index (Phi) is 4.31. The second kappa shape index (κ2) is 5.60. The van der Waals surface area contributed by atoms with Crippen molar-refractivity contribution in [2.45, 2.75) is 58.4 Å². The molecule has 18 heavy (non-hydrogen) atoms. The first-order chi connectivity index (χ1) is 8.57. The summed E-state index contributed by atoms with van der Waals surface area (Å²) in [5.74, 6) is 0.989. The maximum absolute atomic E-state index is 12.7. The van der Waals surface area contributed by atoms with Crippen LogP contribution in [0.5, 0.6) is 0 Å². The molecule has 1 aliphatic heterocycles. The highest BCUT2D eigenvalue weighted by molar-refractivity contribution is 5.82. The van der Waals surface area contributed by atoms with Crippen LogP contribution in [0.1, 0.15) is 52.4 Å². The van der Waals surface area contributed by atoms with Crippen molar-refractivity contribution >= 4 is 5.91 Å². The first-order valence-corrected chi connectivity index (χ1v) is 7.53. The van der Waals surface area contributed by atoms with Crippen molar-refractivity contribution < 1.29 is 4.79 Å². The summed E-state index contributed by atoms with van der Waals surface area (Å²) in [6.45, 7) is 6.30. The van der Waals surface area contributed by atoms with Crippen LogP contribution in [0.3, 0.4) is 0 Å². The number of carbonyl (C=O) groups excluding carboxylic acids is 1. The molecule has 1 saturated heterocycles. The topological polar surface area (TPSA) is 32.3 Å². The highest BCUT2D eigenvalue weighted by Gasteiger charge is 2.39. The summed E-state index contributed by atoms with van der Waals surface area (Å²) in [7, 11) is 2.03. The van der Waals surface area contributed by atoms with Gasteiger partial charge in [0.2, 0.25) is 5.91 Å². The first kappa shape index (κ1) is 13.9. The maximum Gasteiger partial charge on any atom is 0.228 e. The standard InChI is InChI=1S/C15H28N2O/c1-12-11-17(10-7-13(12)16-3)14(18)15(2)8-5-4-6-9-15/h12-13,16H,4-11H2,1-3H3. The van der Waals surface area contributed by atoms with Crippen LogP contribution < -0.4 is 5.32 Å². The van der Waals surface area contributed by atoms with Gasteiger partial charge in [-0.15, -0.1) is 0 Å². The van der Waals surface area contributed by atoms with Crippen LogP contribution >= 0.6 is 0 Å². The van der Waals surface area contributed by atoms with Crippen molar-refractivity contribution in [1.82, 2.24) is 10.2 Å². The summed E-state index contributed by atoms with van der Waals surface area (Å²) >= 11 is 0. The van der Waals surface area contributed by atoms with E-state index in [4.69, 9.17) is 0 Å². The predicted octanol–water partition coefficient (Wildman–Crippen LogP) is 2.41. The van der Waals surface area contributed by atoms with Crippen LogP contribution in [0.15, 0.2) is 0 Å². The number of piperidine rings is 1. The molecule has 0 bridgehead atoms. The zero-order valence-electron chi connectivity index (χ0n) is 12.2. The Bertz CT molecular complexity index is 297. The van der Waals surface area contributed by atoms with Gasteiger partial charge in [-0.05, 0) is 32.2 Å². The number of likely N-dealkylation sites (tertiary alicyclic amines) is 1. The molecule has 2 unspecified atom stereocenters. The molecule has 3 nitrogen and oxygen atoms in total. The minimum atomic E-state index is -0.0650. The molecule has 0 aromatic rings. The lowest BCUT2D eigenvalue weighted by Gasteiger charge is -2.42. The fourth-order valence-corrected chi connectivity index (χ4v) is 3.69. The van der Waals surface area contributed by atoms with Gasteiger partial charge in [-0.25, -0.2) is 0 Å². The quantitative estimate of drug-likeness (QED) is 0.818. The Labute approximate surface area is 111 Å². The average Bonchev–Trinajstić information content (AvgIpc) is 2.38. The molecule has 104 valence electrons. The number of hydrogen-bond acceptors (Lipinski definition) is 2. The smallest absolute Gasteiger partial charge is 0.228 e. The molecule has 2 aliphatic rings. The molecule has 2 rings (SSSR count). The zero-order valence-corrected chi connectivity index (χ0v) is 12.2. The fourth-order valence-electron chi connectivity index (χ4n) is 3.69. The van der Waals surface area contributed by atoms with E-state index in [9.17, 15) is 4.79 Å². The number of nitrogens with zero attached hydrogens (tertiary/aromatic N) is 1. The minimum absolute atomic E-state index is 0.0650. The molecule has 0 radical (unpaired) electrons. The van der Waals surface area contributed by atoms with Gasteiger partial charge in [0.05, 0.1) is 0 Å². The van der Waals surface area contributed by atoms with Crippen LogP contribution in [0.2, 0.25) is 0 Å². The van der Waals surface area contributed by atoms with E-state index in [1.54, 1.807) is 0 Å². The highest BCUT2D eigenvalue weighted by Crippen LogP contribution is 2.38. The average molecular weight is 252 g/mol. The summed E-state index contributed by atoms with van der Waals surface area (Å²) in [6, 6.07) is 0.577. The van der Waals surface area contributed by atoms with Crippen LogP contribution in [0.25, 0.3) is 0 Å². The van der Waals surface area contributed by atoms with Gasteiger partial charge in [0.1, 0.15) is 0 Å². The molecule has 2 fully saturated rings. The van der Waals surface area contributed by atoms with Crippen molar-refractivity contribution in [2.75, 3.05) is 20.1 Å². The second-order valence-corrected chi connectivity index (χ2v) is 6.53. The fraction of sp³-hybridized carbons (Fsp3) is 0.933. The van der Waals surface area contributed by atoms with Crippen LogP contribution in [0, 0.1) is 11.3 Å². The number of rotatable bonds is 2. The maximum atomic E-state index is 12.7. The lowest BCUT2D eigenvalue weighted by atomic mass is 9.74. The van der Waals surface area contributed by atoms with Crippen molar-refractivity contribution in [3.8, 4) is 0 Å². The molecular formula is C15H28N2O. The summed E-state index contributed by atoms with van der Waals surface area (Å²) in [5, 5.41) is 3.36. The van der Waals surface area contributed by atoms with Crippen molar-refractivity contribution in [3.05, 3.63) is 0 Å². The monoisotopic (exact) mass is 252 g/mol. The van der Waals surface area contributed by atoms with E-state index < -0.39 is 0 Å². The van der Waals surface area contributed by atoms with Gasteiger partial charge in [0.25, 0.3) is 0 Å². The summed E-state index contributed by atoms with van der Waals surface area (Å²) in [4.78, 5) is 14.8. The summed E-state index contributed by atoms with van der Waals surface area (Å²) in [6.07, 6.45) is 7.04. The SMILES string of the molecule is CNC1CCN(C(=O)C2(C)CCCCC2)CC1C. The normalized spacial score (nSPS) is 32.3. The third-order valence-electron chi connectivity index (χ3n) is 5.04. The molecule has 1 N–H and O–H groups in total. The number of carbonyl (C=O) groups is 1. The van der Waals surface area contributed by atoms with Crippen molar-refractivity contribution in [2.24, 2.45) is 11.3 Å². The van der Waals surface area contributed by atoms with Crippen LogP contribution in [0.4, 0.5) is 0 Å². The lowest BCUT2D eigenvalue weighted by Crippen LogP contribution is -2.53. The summed E-state index contributed by atoms with van der Waals surface area (Å²) in [5.41, 5.74) is -0.0650. The third kappa shape index (κ3) is 2.71. The largest absolute Gasteiger partial charge is 0.342 e. The molecule has 1 heterocycles. The van der Waals surface area contributed by atoms with Gasteiger partial charge in [0.15, 0.2) is 0 Å². The Morgan fingerprint density at radius 2 is 1.94 bits per heavy atom. The Balaban J connectivity index is 1.97. The predicted molar refractivity (Wildman–Crippen MR) is 74.4 cm³/mol. The van der Waals surface area contributed by atoms with E-state index in [-0.39, 0.29) is 5.41 Å². The highest BCUT2D eigenvalue weighted by atomic mass is 16.2. The number of hydrogen-bond donors (Lipinski definition) is 1. The van der Waals surface area contributed by atoms with Crippen molar-refractivity contribution in [3.63, 3.8) is 0 Å². The van der Waals surface area contributed by atoms with E-state index >= 15 is 0 Å². The molecule has 3 heteroatoms. The van der Waals surface area contributed by atoms with E-state index in [1.807, 2.05) is 7.05 Å². The third-order valence-corrected chi connectivity index (χ3v) is 5.04. The molecule has 1 saturated carbocycles. The number of nitrogens with one attached hydrogen (secondary N) is 1. The summed E-state index contributed by atoms with van der Waals surface area (Å²) < 4.78 is 0. The lowest BCUT2D eigenvalue weighted by molar-refractivity contribution is -0.145. The van der Waals surface area contributed by atoms with Gasteiger partial charge in [-0.2, -0.15) is 0 Å². The second-order valence-electron chi connectivity index (χ2n) is 6.53.